The van der Waals surface area contributed by atoms with Crippen molar-refractivity contribution < 1.29 is 169 Å². The second-order valence-corrected chi connectivity index (χ2v) is 11.0. The van der Waals surface area contributed by atoms with Gasteiger partial charge in [0, 0.05) is 27.8 Å². The summed E-state index contributed by atoms with van der Waals surface area (Å²) in [6, 6.07) is 21.4. The molecule has 0 heterocycles. The Hall–Kier alpha value is 1.40. The van der Waals surface area contributed by atoms with E-state index in [-0.39, 0.29) is 151 Å². The number of nitrogen functional groups attached to an aromatic ring is 2. The van der Waals surface area contributed by atoms with E-state index < -0.39 is 21.4 Å². The Morgan fingerprint density at radius 3 is 1.77 bits per heavy atom. The van der Waals surface area contributed by atoms with Gasteiger partial charge in [0.1, 0.15) is 0 Å². The molecule has 0 unspecified atom stereocenters. The Morgan fingerprint density at radius 1 is 0.949 bits per heavy atom. The summed E-state index contributed by atoms with van der Waals surface area (Å²) in [5.74, 6) is 0. The van der Waals surface area contributed by atoms with Crippen molar-refractivity contribution in [1.29, 1.82) is 0 Å². The number of carbonyl (C=O) groups excluding carboxylic acids is 1. The van der Waals surface area contributed by atoms with Crippen molar-refractivity contribution in [2.75, 3.05) is 11.5 Å². The van der Waals surface area contributed by atoms with Gasteiger partial charge in [-0.1, -0.05) is 55.8 Å². The molecular weight excluding hydrogens is 798 g/mol. The second kappa shape index (κ2) is 25.9. The van der Waals surface area contributed by atoms with Gasteiger partial charge in [-0.25, -0.2) is 0 Å². The number of anilines is 2. The molecule has 0 bridgehead atoms. The third-order valence-electron chi connectivity index (χ3n) is 3.80. The Kier molecular flexibility index (Phi) is 26.8. The molecule has 206 valence electrons. The Labute approximate surface area is 364 Å². The molecule has 3 aromatic rings. The van der Waals surface area contributed by atoms with E-state index in [1.54, 1.807) is 12.1 Å². The number of thioether (sulfide) groups is 1. The van der Waals surface area contributed by atoms with Crippen LogP contribution in [0.2, 0.25) is 0 Å². The summed E-state index contributed by atoms with van der Waals surface area (Å²) in [5, 5.41) is 7.91. The third kappa shape index (κ3) is 22.6. The van der Waals surface area contributed by atoms with E-state index in [9.17, 15) is 8.42 Å². The summed E-state index contributed by atoms with van der Waals surface area (Å²) in [7, 11) is -3.82. The fraction of sp³-hybridized carbons (Fsp3) is 0.269. The van der Waals surface area contributed by atoms with Crippen LogP contribution in [-0.4, -0.2) is 26.2 Å². The number of para-hydroxylation sites is 2. The van der Waals surface area contributed by atoms with Crippen molar-refractivity contribution in [3.8, 4) is 0 Å². The van der Waals surface area contributed by atoms with Gasteiger partial charge in [0.25, 0.3) is 16.6 Å². The molecule has 0 aliphatic rings. The number of thiol groups is 1. The van der Waals surface area contributed by atoms with Crippen molar-refractivity contribution in [2.24, 2.45) is 0 Å². The summed E-state index contributed by atoms with van der Waals surface area (Å²) in [6.45, 7) is 8.14. The molecular formula is C26H36Cs2N2O6S3. The van der Waals surface area contributed by atoms with Gasteiger partial charge in [-0.3, -0.25) is 8.98 Å². The normalized spacial score (nSPS) is 10.9. The van der Waals surface area contributed by atoms with Gasteiger partial charge < -0.3 is 23.0 Å². The van der Waals surface area contributed by atoms with Gasteiger partial charge in [-0.2, -0.15) is 8.42 Å². The van der Waals surface area contributed by atoms with Gasteiger partial charge in [-0.05, 0) is 57.2 Å². The monoisotopic (exact) mass is 836 g/mol. The molecule has 8 nitrogen and oxygen atoms in total. The van der Waals surface area contributed by atoms with Gasteiger partial charge in [-0.15, -0.1) is 24.4 Å². The Balaban J connectivity index is -0.000000241. The average molecular weight is 837 g/mol. The van der Waals surface area contributed by atoms with E-state index in [1.807, 2.05) is 69.3 Å². The number of benzene rings is 3. The van der Waals surface area contributed by atoms with Crippen LogP contribution in [0.4, 0.5) is 11.4 Å². The molecule has 0 radical (unpaired) electrons. The van der Waals surface area contributed by atoms with E-state index in [4.69, 9.17) is 24.3 Å². The molecule has 13 heteroatoms. The fourth-order valence-corrected chi connectivity index (χ4v) is 4.19. The number of aryl methyl sites for hydroxylation is 1. The van der Waals surface area contributed by atoms with Crippen molar-refractivity contribution in [3.05, 3.63) is 78.4 Å². The summed E-state index contributed by atoms with van der Waals surface area (Å²) < 4.78 is 43.0. The van der Waals surface area contributed by atoms with Crippen molar-refractivity contribution in [2.45, 2.75) is 60.6 Å². The average Bonchev–Trinajstić information content (AvgIpc) is 2.81. The fourth-order valence-electron chi connectivity index (χ4n) is 2.25. The van der Waals surface area contributed by atoms with Crippen LogP contribution in [0, 0.1) is 6.92 Å². The molecule has 0 atom stereocenters. The van der Waals surface area contributed by atoms with Crippen LogP contribution in [0.3, 0.4) is 0 Å². The van der Waals surface area contributed by atoms with Crippen LogP contribution in [0.25, 0.3) is 0 Å². The van der Waals surface area contributed by atoms with Crippen LogP contribution in [0.15, 0.2) is 87.5 Å². The molecule has 0 fully saturated rings. The quantitative estimate of drug-likeness (QED) is 0.0542. The minimum Gasteiger partial charge on any atom is -1.00 e. The predicted molar refractivity (Wildman–Crippen MR) is 153 cm³/mol. The number of hydrogen-bond acceptors (Lipinski definition) is 10. The van der Waals surface area contributed by atoms with Crippen LogP contribution in [0.1, 0.15) is 37.4 Å². The zero-order chi connectivity index (χ0) is 30.3. The van der Waals surface area contributed by atoms with Crippen molar-refractivity contribution in [3.63, 3.8) is 0 Å². The third-order valence-corrected chi connectivity index (χ3v) is 6.60. The van der Waals surface area contributed by atoms with E-state index >= 15 is 0 Å². The molecule has 4 N–H and O–H groups in total. The minimum atomic E-state index is -3.82. The maximum atomic E-state index is 11.6. The summed E-state index contributed by atoms with van der Waals surface area (Å²) in [6.07, 6.45) is -1.45. The standard InChI is InChI=1S/C10H14O3S.C9H13NS.C6H7NS.CH2O3.2Cs.H/c1-8(2)13-14(11,12)10-6-4-9(3)5-7-10;1-7(2)11-9-6-4-3-5-8(9)10;7-5-3-1-2-4-6(5)8;2-1-4-3;;;/h4-8H,1-3H3;3-7H,10H2,1-2H3;1-4,8H,7H2;1,3H;;;/q;;;;2*+1;-1/p-1/i8D;7D;;;;;. The largest absolute Gasteiger partial charge is 1.00 e. The van der Waals surface area contributed by atoms with E-state index in [0.717, 1.165) is 26.7 Å². The molecule has 0 saturated carbocycles. The van der Waals surface area contributed by atoms with Gasteiger partial charge in [0.2, 0.25) is 0 Å². The number of carbonyl (C=O) groups is 1. The molecule has 0 aromatic heterocycles. The molecule has 3 rings (SSSR count). The zero-order valence-electron chi connectivity index (χ0n) is 26.4. The maximum absolute atomic E-state index is 11.6. The molecule has 0 amide bonds. The molecule has 0 aliphatic carbocycles. The number of nitrogens with two attached hydrogens (primary N) is 2. The van der Waals surface area contributed by atoms with E-state index in [2.05, 4.69) is 21.7 Å². The van der Waals surface area contributed by atoms with E-state index in [0.29, 0.717) is 0 Å². The maximum Gasteiger partial charge on any atom is 1.00 e. The first kappa shape index (κ1) is 40.4. The number of rotatable bonds is 6. The Morgan fingerprint density at radius 2 is 1.41 bits per heavy atom. The molecule has 3 aromatic carbocycles. The smallest absolute Gasteiger partial charge is 1.00 e. The second-order valence-electron chi connectivity index (χ2n) is 7.56. The van der Waals surface area contributed by atoms with Crippen molar-refractivity contribution >= 4 is 52.4 Å². The Bertz CT molecular complexity index is 1240. The first-order chi connectivity index (χ1) is 17.9. The van der Waals surface area contributed by atoms with Crippen LogP contribution >= 0.6 is 24.4 Å². The van der Waals surface area contributed by atoms with Crippen LogP contribution < -0.4 is 155 Å². The summed E-state index contributed by atoms with van der Waals surface area (Å²) >= 11 is 5.54. The van der Waals surface area contributed by atoms with Gasteiger partial charge in [0.05, 0.1) is 12.3 Å². The van der Waals surface area contributed by atoms with Crippen LogP contribution in [0.5, 0.6) is 0 Å². The minimum absolute atomic E-state index is 0. The van der Waals surface area contributed by atoms with Crippen LogP contribution in [-0.2, 0) is 24.0 Å². The topological polar surface area (TPSA) is 145 Å². The first-order valence-corrected chi connectivity index (χ1v) is 13.4. The summed E-state index contributed by atoms with van der Waals surface area (Å²) in [4.78, 5) is 13.2. The van der Waals surface area contributed by atoms with Gasteiger partial charge in [0.15, 0.2) is 0 Å². The molecule has 0 aliphatic heterocycles. The summed E-state index contributed by atoms with van der Waals surface area (Å²) in [5.41, 5.74) is 13.6. The first-order valence-electron chi connectivity index (χ1n) is 11.7. The molecule has 0 spiro atoms. The van der Waals surface area contributed by atoms with Crippen molar-refractivity contribution in [1.82, 2.24) is 0 Å². The predicted octanol–water partition coefficient (Wildman–Crippen LogP) is -1.01. The number of hydrogen-bond donors (Lipinski definition) is 3. The van der Waals surface area contributed by atoms with Gasteiger partial charge >= 0.3 is 138 Å². The zero-order valence-corrected chi connectivity index (χ0v) is 38.5. The molecule has 0 saturated heterocycles. The van der Waals surface area contributed by atoms with E-state index in [1.165, 1.54) is 37.7 Å². The molecule has 39 heavy (non-hydrogen) atoms. The SMILES string of the molecule is Nc1ccccc1S.O=CO[O-].[2H]C(C)(C)OS(=O)(=O)c1ccc(C)cc1.[2H]C(C)(C)Sc1ccccc1N.[Cs+].[Cs+].[H-].